The number of methoxy groups -OCH3 is 1. The fourth-order valence-electron chi connectivity index (χ4n) is 2.48. The maximum absolute atomic E-state index is 12.2. The van der Waals surface area contributed by atoms with Gasteiger partial charge in [-0.3, -0.25) is 14.8 Å². The first-order valence-electron chi connectivity index (χ1n) is 7.93. The molecule has 2 aromatic carbocycles. The van der Waals surface area contributed by atoms with E-state index in [0.29, 0.717) is 22.1 Å². The first kappa shape index (κ1) is 18.5. The third-order valence-corrected chi connectivity index (χ3v) is 4.19. The van der Waals surface area contributed by atoms with Gasteiger partial charge < -0.3 is 9.84 Å². The first-order valence-corrected chi connectivity index (χ1v) is 8.31. The number of benzene rings is 2. The van der Waals surface area contributed by atoms with Crippen LogP contribution in [0.4, 0.5) is 5.69 Å². The molecule has 1 aromatic heterocycles. The topological polar surface area (TPSA) is 96.7 Å². The van der Waals surface area contributed by atoms with Crippen LogP contribution in [0.3, 0.4) is 0 Å². The highest BCUT2D eigenvalue weighted by Crippen LogP contribution is 2.24. The number of aliphatic imine (C=N–C) groups is 1. The number of nitrogens with one attached hydrogen (secondary N) is 1. The summed E-state index contributed by atoms with van der Waals surface area (Å²) in [7, 11) is 1.52. The van der Waals surface area contributed by atoms with E-state index in [0.717, 1.165) is 10.1 Å². The Kier molecular flexibility index (Phi) is 5.14. The fraction of sp³-hybridized carbons (Fsp3) is 0.105. The second-order valence-corrected chi connectivity index (χ2v) is 6.16. The highest BCUT2D eigenvalue weighted by molar-refractivity contribution is 6.30. The Bertz CT molecular complexity index is 1130. The molecule has 0 aliphatic heterocycles. The summed E-state index contributed by atoms with van der Waals surface area (Å²) >= 11 is 5.97. The molecule has 1 heterocycles. The maximum Gasteiger partial charge on any atom is 0.335 e. The lowest BCUT2D eigenvalue weighted by atomic mass is 10.2. The number of nitrogens with zero attached hydrogens (tertiary/aromatic N) is 2. The number of aromatic nitrogens is 2. The fourth-order valence-corrected chi connectivity index (χ4v) is 2.65. The van der Waals surface area contributed by atoms with E-state index in [1.54, 1.807) is 42.5 Å². The van der Waals surface area contributed by atoms with Crippen molar-refractivity contribution in [2.24, 2.45) is 4.99 Å². The summed E-state index contributed by atoms with van der Waals surface area (Å²) in [5, 5.41) is 11.0. The van der Waals surface area contributed by atoms with E-state index in [4.69, 9.17) is 16.3 Å². The van der Waals surface area contributed by atoms with Crippen molar-refractivity contribution in [3.05, 3.63) is 79.5 Å². The highest BCUT2D eigenvalue weighted by atomic mass is 35.5. The van der Waals surface area contributed by atoms with E-state index >= 15 is 0 Å². The van der Waals surface area contributed by atoms with E-state index in [2.05, 4.69) is 9.98 Å². The van der Waals surface area contributed by atoms with E-state index in [-0.39, 0.29) is 5.56 Å². The second kappa shape index (κ2) is 7.51. The number of rotatable bonds is 4. The molecule has 0 unspecified atom stereocenters. The Morgan fingerprint density at radius 1 is 1.19 bits per heavy atom. The van der Waals surface area contributed by atoms with Gasteiger partial charge in [-0.05, 0) is 48.9 Å². The maximum atomic E-state index is 12.2. The van der Waals surface area contributed by atoms with Crippen molar-refractivity contribution < 1.29 is 9.84 Å². The van der Waals surface area contributed by atoms with Crippen molar-refractivity contribution in [3.63, 3.8) is 0 Å². The smallest absolute Gasteiger partial charge is 0.335 e. The number of ether oxygens (including phenoxy) is 1. The van der Waals surface area contributed by atoms with Crippen LogP contribution in [-0.4, -0.2) is 28.0 Å². The van der Waals surface area contributed by atoms with Crippen molar-refractivity contribution in [2.75, 3.05) is 7.11 Å². The van der Waals surface area contributed by atoms with Gasteiger partial charge in [0.15, 0.2) is 0 Å². The van der Waals surface area contributed by atoms with Crippen LogP contribution in [0.15, 0.2) is 57.0 Å². The molecule has 0 aliphatic carbocycles. The molecule has 0 aliphatic rings. The number of H-pyrrole nitrogens is 1. The number of hydrogen-bond acceptors (Lipinski definition) is 5. The number of aromatic amines is 1. The van der Waals surface area contributed by atoms with Crippen LogP contribution < -0.4 is 16.0 Å². The molecule has 3 aromatic rings. The lowest BCUT2D eigenvalue weighted by Crippen LogP contribution is -2.31. The summed E-state index contributed by atoms with van der Waals surface area (Å²) in [4.78, 5) is 30.8. The summed E-state index contributed by atoms with van der Waals surface area (Å²) in [5.74, 6) is 0.0753. The molecule has 0 radical (unpaired) electrons. The Morgan fingerprint density at radius 3 is 2.56 bits per heavy atom. The SMILES string of the molecule is COc1ccc(-n2c(O)c(C=Nc3cc(Cl)ccc3C)c(=O)[nH]c2=O)cc1. The Labute approximate surface area is 159 Å². The first-order chi connectivity index (χ1) is 12.9. The monoisotopic (exact) mass is 385 g/mol. The number of aromatic hydroxyl groups is 1. The third-order valence-electron chi connectivity index (χ3n) is 3.96. The minimum atomic E-state index is -0.765. The molecule has 0 bridgehead atoms. The molecule has 0 saturated carbocycles. The van der Waals surface area contributed by atoms with Crippen LogP contribution in [0.1, 0.15) is 11.1 Å². The van der Waals surface area contributed by atoms with E-state index in [1.165, 1.54) is 13.3 Å². The van der Waals surface area contributed by atoms with Gasteiger partial charge in [0.05, 0.1) is 18.5 Å². The highest BCUT2D eigenvalue weighted by Gasteiger charge is 2.14. The molecule has 0 atom stereocenters. The Balaban J connectivity index is 2.11. The zero-order valence-electron chi connectivity index (χ0n) is 14.6. The van der Waals surface area contributed by atoms with Gasteiger partial charge in [0.1, 0.15) is 11.3 Å². The van der Waals surface area contributed by atoms with Crippen LogP contribution in [-0.2, 0) is 0 Å². The zero-order chi connectivity index (χ0) is 19.6. The Hall–Kier alpha value is -3.32. The van der Waals surface area contributed by atoms with Gasteiger partial charge in [-0.2, -0.15) is 0 Å². The normalized spacial score (nSPS) is 11.1. The van der Waals surface area contributed by atoms with Crippen molar-refractivity contribution in [2.45, 2.75) is 6.92 Å². The molecule has 0 fully saturated rings. The molecule has 7 nitrogen and oxygen atoms in total. The molecule has 2 N–H and O–H groups in total. The van der Waals surface area contributed by atoms with E-state index in [9.17, 15) is 14.7 Å². The van der Waals surface area contributed by atoms with Crippen molar-refractivity contribution in [1.82, 2.24) is 9.55 Å². The average molecular weight is 386 g/mol. The summed E-state index contributed by atoms with van der Waals surface area (Å²) in [6.07, 6.45) is 1.20. The summed E-state index contributed by atoms with van der Waals surface area (Å²) in [5.41, 5.74) is 0.0934. The second-order valence-electron chi connectivity index (χ2n) is 5.72. The predicted molar refractivity (Wildman–Crippen MR) is 104 cm³/mol. The molecule has 0 amide bonds. The average Bonchev–Trinajstić information content (AvgIpc) is 2.64. The third kappa shape index (κ3) is 3.78. The molecular weight excluding hydrogens is 370 g/mol. The zero-order valence-corrected chi connectivity index (χ0v) is 15.3. The van der Waals surface area contributed by atoms with E-state index < -0.39 is 17.1 Å². The van der Waals surface area contributed by atoms with E-state index in [1.807, 2.05) is 6.92 Å². The van der Waals surface area contributed by atoms with Crippen LogP contribution in [0.5, 0.6) is 11.6 Å². The van der Waals surface area contributed by atoms with Crippen molar-refractivity contribution >= 4 is 23.5 Å². The van der Waals surface area contributed by atoms with Crippen LogP contribution in [0.2, 0.25) is 5.02 Å². The number of aryl methyl sites for hydroxylation is 1. The molecule has 0 saturated heterocycles. The molecular formula is C19H16ClN3O4. The number of hydrogen-bond donors (Lipinski definition) is 2. The molecule has 27 heavy (non-hydrogen) atoms. The minimum absolute atomic E-state index is 0.148. The van der Waals surface area contributed by atoms with Crippen LogP contribution in [0.25, 0.3) is 5.69 Å². The Morgan fingerprint density at radius 2 is 1.89 bits per heavy atom. The van der Waals surface area contributed by atoms with Gasteiger partial charge in [0, 0.05) is 11.2 Å². The summed E-state index contributed by atoms with van der Waals surface area (Å²) in [6, 6.07) is 11.6. The van der Waals surface area contributed by atoms with Crippen molar-refractivity contribution in [1.29, 1.82) is 0 Å². The lowest BCUT2D eigenvalue weighted by Gasteiger charge is -2.10. The largest absolute Gasteiger partial charge is 0.497 e. The summed E-state index contributed by atoms with van der Waals surface area (Å²) in [6.45, 7) is 1.84. The standard InChI is InChI=1S/C19H16ClN3O4/c1-11-3-4-12(20)9-16(11)21-10-15-17(24)22-19(26)23(18(15)25)13-5-7-14(27-2)8-6-13/h3-10,25H,1-2H3,(H,22,24,26). The molecule has 3 rings (SSSR count). The molecule has 0 spiro atoms. The summed E-state index contributed by atoms with van der Waals surface area (Å²) < 4.78 is 6.06. The predicted octanol–water partition coefficient (Wildman–Crippen LogP) is 2.95. The van der Waals surface area contributed by atoms with Gasteiger partial charge in [0.25, 0.3) is 5.56 Å². The van der Waals surface area contributed by atoms with Gasteiger partial charge in [-0.1, -0.05) is 17.7 Å². The van der Waals surface area contributed by atoms with Crippen LogP contribution in [0, 0.1) is 6.92 Å². The number of halogens is 1. The quantitative estimate of drug-likeness (QED) is 0.675. The van der Waals surface area contributed by atoms with Gasteiger partial charge in [-0.15, -0.1) is 0 Å². The lowest BCUT2D eigenvalue weighted by molar-refractivity contribution is 0.414. The van der Waals surface area contributed by atoms with Crippen molar-refractivity contribution in [3.8, 4) is 17.3 Å². The molecule has 8 heteroatoms. The molecule has 138 valence electrons. The van der Waals surface area contributed by atoms with Crippen LogP contribution >= 0.6 is 11.6 Å². The minimum Gasteiger partial charge on any atom is -0.497 e. The van der Waals surface area contributed by atoms with Gasteiger partial charge >= 0.3 is 5.69 Å². The van der Waals surface area contributed by atoms with Gasteiger partial charge in [0.2, 0.25) is 5.88 Å². The van der Waals surface area contributed by atoms with Gasteiger partial charge in [-0.25, -0.2) is 9.36 Å².